The molecule has 4 nitrogen and oxygen atoms in total. The molecule has 1 amide bonds. The van der Waals surface area contributed by atoms with E-state index in [2.05, 4.69) is 14.8 Å². The Morgan fingerprint density at radius 1 is 1.04 bits per heavy atom. The highest BCUT2D eigenvalue weighted by molar-refractivity contribution is 5.79. The standard InChI is InChI=1S/C19H26FN3O/c20-17-5-6-18(21-11-17)22-9-7-14(8-10-22)19(24)23-12-15-3-1-2-4-16(15)13-23/h5-6,11,14-16H,1-4,7-10,12-13H2. The van der Waals surface area contributed by atoms with Gasteiger partial charge in [0, 0.05) is 32.1 Å². The van der Waals surface area contributed by atoms with E-state index in [1.54, 1.807) is 6.07 Å². The Balaban J connectivity index is 1.32. The Labute approximate surface area is 143 Å². The lowest BCUT2D eigenvalue weighted by atomic mass is 9.82. The smallest absolute Gasteiger partial charge is 0.225 e. The summed E-state index contributed by atoms with van der Waals surface area (Å²) in [5.41, 5.74) is 0. The number of hydrogen-bond donors (Lipinski definition) is 0. The molecule has 3 aliphatic rings. The van der Waals surface area contributed by atoms with E-state index in [1.807, 2.05) is 0 Å². The average molecular weight is 331 g/mol. The number of anilines is 1. The Bertz CT molecular complexity index is 569. The third kappa shape index (κ3) is 3.13. The molecule has 3 fully saturated rings. The zero-order valence-electron chi connectivity index (χ0n) is 14.2. The summed E-state index contributed by atoms with van der Waals surface area (Å²) in [6.07, 6.45) is 8.32. The molecule has 0 bridgehead atoms. The molecule has 1 aliphatic carbocycles. The van der Waals surface area contributed by atoms with Gasteiger partial charge in [-0.25, -0.2) is 9.37 Å². The second-order valence-corrected chi connectivity index (χ2v) is 7.64. The van der Waals surface area contributed by atoms with Crippen molar-refractivity contribution in [2.24, 2.45) is 17.8 Å². The zero-order chi connectivity index (χ0) is 16.5. The van der Waals surface area contributed by atoms with Crippen molar-refractivity contribution < 1.29 is 9.18 Å². The van der Waals surface area contributed by atoms with E-state index in [9.17, 15) is 9.18 Å². The van der Waals surface area contributed by atoms with Crippen LogP contribution in [0.3, 0.4) is 0 Å². The monoisotopic (exact) mass is 331 g/mol. The van der Waals surface area contributed by atoms with E-state index in [-0.39, 0.29) is 11.7 Å². The number of rotatable bonds is 2. The third-order valence-corrected chi connectivity index (χ3v) is 6.17. The van der Waals surface area contributed by atoms with Gasteiger partial charge in [0.15, 0.2) is 0 Å². The number of fused-ring (bicyclic) bond motifs is 1. The van der Waals surface area contributed by atoms with Crippen molar-refractivity contribution in [3.63, 3.8) is 0 Å². The summed E-state index contributed by atoms with van der Waals surface area (Å²) in [5, 5.41) is 0. The van der Waals surface area contributed by atoms with Gasteiger partial charge in [0.25, 0.3) is 0 Å². The molecule has 24 heavy (non-hydrogen) atoms. The number of pyridine rings is 1. The summed E-state index contributed by atoms with van der Waals surface area (Å²) in [5.74, 6) is 2.55. The minimum absolute atomic E-state index is 0.154. The topological polar surface area (TPSA) is 36.4 Å². The fraction of sp³-hybridized carbons (Fsp3) is 0.684. The number of carbonyl (C=O) groups excluding carboxylic acids is 1. The Kier molecular flexibility index (Phi) is 4.42. The first kappa shape index (κ1) is 15.9. The number of carbonyl (C=O) groups is 1. The van der Waals surface area contributed by atoms with Gasteiger partial charge in [0.1, 0.15) is 11.6 Å². The molecule has 2 atom stereocenters. The zero-order valence-corrected chi connectivity index (χ0v) is 14.2. The first-order chi connectivity index (χ1) is 11.7. The second-order valence-electron chi connectivity index (χ2n) is 7.64. The highest BCUT2D eigenvalue weighted by Crippen LogP contribution is 2.37. The van der Waals surface area contributed by atoms with Crippen LogP contribution in [0.4, 0.5) is 10.2 Å². The second kappa shape index (κ2) is 6.69. The number of likely N-dealkylation sites (tertiary alicyclic amines) is 1. The highest BCUT2D eigenvalue weighted by Gasteiger charge is 2.39. The Morgan fingerprint density at radius 3 is 2.29 bits per heavy atom. The molecule has 5 heteroatoms. The van der Waals surface area contributed by atoms with E-state index in [0.717, 1.165) is 56.7 Å². The molecule has 2 saturated heterocycles. The van der Waals surface area contributed by atoms with Crippen molar-refractivity contribution in [1.82, 2.24) is 9.88 Å². The first-order valence-corrected chi connectivity index (χ1v) is 9.36. The van der Waals surface area contributed by atoms with Crippen LogP contribution in [-0.2, 0) is 4.79 Å². The lowest BCUT2D eigenvalue weighted by Gasteiger charge is -2.34. The van der Waals surface area contributed by atoms with Crippen molar-refractivity contribution in [3.05, 3.63) is 24.1 Å². The third-order valence-electron chi connectivity index (χ3n) is 6.17. The average Bonchev–Trinajstić information content (AvgIpc) is 3.06. The summed E-state index contributed by atoms with van der Waals surface area (Å²) in [6, 6.07) is 3.17. The summed E-state index contributed by atoms with van der Waals surface area (Å²) < 4.78 is 13.0. The van der Waals surface area contributed by atoms with Gasteiger partial charge >= 0.3 is 0 Å². The van der Waals surface area contributed by atoms with Crippen molar-refractivity contribution in [3.8, 4) is 0 Å². The number of halogens is 1. The van der Waals surface area contributed by atoms with Crippen molar-refractivity contribution in [2.75, 3.05) is 31.1 Å². The SMILES string of the molecule is O=C(C1CCN(c2ccc(F)cn2)CC1)N1CC2CCCCC2C1. The fourth-order valence-electron chi connectivity index (χ4n) is 4.75. The Hall–Kier alpha value is -1.65. The number of piperidine rings is 1. The Morgan fingerprint density at radius 2 is 1.71 bits per heavy atom. The van der Waals surface area contributed by atoms with E-state index in [0.29, 0.717) is 5.91 Å². The predicted octanol–water partition coefficient (Wildman–Crippen LogP) is 3.09. The lowest BCUT2D eigenvalue weighted by Crippen LogP contribution is -2.42. The minimum Gasteiger partial charge on any atom is -0.357 e. The molecule has 0 aromatic carbocycles. The van der Waals surface area contributed by atoms with Gasteiger partial charge in [0.2, 0.25) is 5.91 Å². The van der Waals surface area contributed by atoms with E-state index in [4.69, 9.17) is 0 Å². The normalized spacial score (nSPS) is 28.0. The van der Waals surface area contributed by atoms with E-state index < -0.39 is 0 Å². The number of hydrogen-bond acceptors (Lipinski definition) is 3. The van der Waals surface area contributed by atoms with Gasteiger partial charge in [-0.05, 0) is 49.7 Å². The maximum Gasteiger partial charge on any atom is 0.225 e. The molecule has 1 aromatic heterocycles. The quantitative estimate of drug-likeness (QED) is 0.835. The van der Waals surface area contributed by atoms with Crippen molar-refractivity contribution in [2.45, 2.75) is 38.5 Å². The lowest BCUT2D eigenvalue weighted by molar-refractivity contribution is -0.135. The molecule has 4 rings (SSSR count). The van der Waals surface area contributed by atoms with Gasteiger partial charge in [-0.2, -0.15) is 0 Å². The molecule has 1 saturated carbocycles. The molecule has 0 radical (unpaired) electrons. The number of nitrogens with zero attached hydrogens (tertiary/aromatic N) is 3. The highest BCUT2D eigenvalue weighted by atomic mass is 19.1. The van der Waals surface area contributed by atoms with Gasteiger partial charge in [-0.3, -0.25) is 4.79 Å². The fourth-order valence-corrected chi connectivity index (χ4v) is 4.75. The van der Waals surface area contributed by atoms with Crippen LogP contribution >= 0.6 is 0 Å². The predicted molar refractivity (Wildman–Crippen MR) is 91.2 cm³/mol. The van der Waals surface area contributed by atoms with Crippen molar-refractivity contribution in [1.29, 1.82) is 0 Å². The molecule has 1 aromatic rings. The number of aromatic nitrogens is 1. The summed E-state index contributed by atoms with van der Waals surface area (Å²) in [6.45, 7) is 3.64. The van der Waals surface area contributed by atoms with Crippen LogP contribution in [-0.4, -0.2) is 42.0 Å². The van der Waals surface area contributed by atoms with Crippen LogP contribution in [0.2, 0.25) is 0 Å². The summed E-state index contributed by atoms with van der Waals surface area (Å²) in [7, 11) is 0. The maximum absolute atomic E-state index is 13.0. The van der Waals surface area contributed by atoms with Gasteiger partial charge in [-0.15, -0.1) is 0 Å². The van der Waals surface area contributed by atoms with Gasteiger partial charge < -0.3 is 9.80 Å². The van der Waals surface area contributed by atoms with Crippen LogP contribution in [0, 0.1) is 23.6 Å². The molecule has 0 N–H and O–H groups in total. The van der Waals surface area contributed by atoms with Gasteiger partial charge in [0.05, 0.1) is 6.20 Å². The molecule has 0 spiro atoms. The van der Waals surface area contributed by atoms with Crippen LogP contribution in [0.1, 0.15) is 38.5 Å². The molecular formula is C19H26FN3O. The van der Waals surface area contributed by atoms with Crippen molar-refractivity contribution >= 4 is 11.7 Å². The van der Waals surface area contributed by atoms with Crippen LogP contribution in [0.5, 0.6) is 0 Å². The van der Waals surface area contributed by atoms with Crippen LogP contribution < -0.4 is 4.90 Å². The summed E-state index contributed by atoms with van der Waals surface area (Å²) in [4.78, 5) is 21.3. The molecule has 2 unspecified atom stereocenters. The molecule has 130 valence electrons. The summed E-state index contributed by atoms with van der Waals surface area (Å²) >= 11 is 0. The largest absolute Gasteiger partial charge is 0.357 e. The van der Waals surface area contributed by atoms with Crippen LogP contribution in [0.15, 0.2) is 18.3 Å². The maximum atomic E-state index is 13.0. The van der Waals surface area contributed by atoms with E-state index in [1.165, 1.54) is 37.9 Å². The molecular weight excluding hydrogens is 305 g/mol. The molecule has 2 aliphatic heterocycles. The van der Waals surface area contributed by atoms with E-state index >= 15 is 0 Å². The van der Waals surface area contributed by atoms with Crippen LogP contribution in [0.25, 0.3) is 0 Å². The first-order valence-electron chi connectivity index (χ1n) is 9.36. The minimum atomic E-state index is -0.306. The molecule has 3 heterocycles. The van der Waals surface area contributed by atoms with Gasteiger partial charge in [-0.1, -0.05) is 12.8 Å². The number of amides is 1.